The Balaban J connectivity index is 1.41. The maximum atomic E-state index is 9.27. The molecule has 2 heterocycles. The fourth-order valence-corrected chi connectivity index (χ4v) is 4.07. The van der Waals surface area contributed by atoms with Crippen molar-refractivity contribution >= 4 is 12.0 Å². The molecule has 0 amide bonds. The van der Waals surface area contributed by atoms with Crippen LogP contribution in [-0.2, 0) is 19.5 Å². The van der Waals surface area contributed by atoms with Gasteiger partial charge in [0.2, 0.25) is 6.29 Å². The van der Waals surface area contributed by atoms with Crippen molar-refractivity contribution in [1.29, 1.82) is 0 Å². The number of fused-ring (bicyclic) bond motifs is 2. The molecule has 26 heavy (non-hydrogen) atoms. The largest absolute Gasteiger partial charge is 0.451 e. The van der Waals surface area contributed by atoms with Crippen LogP contribution in [0.5, 0.6) is 11.5 Å². The molecule has 0 radical (unpaired) electrons. The van der Waals surface area contributed by atoms with E-state index in [1.807, 2.05) is 19.1 Å². The Morgan fingerprint density at radius 2 is 1.85 bits per heavy atom. The van der Waals surface area contributed by atoms with Crippen molar-refractivity contribution in [3.63, 3.8) is 0 Å². The van der Waals surface area contributed by atoms with Crippen LogP contribution in [0.1, 0.15) is 43.9 Å². The molecule has 0 aromatic heterocycles. The van der Waals surface area contributed by atoms with E-state index in [-0.39, 0.29) is 11.8 Å². The molecule has 4 rings (SSSR count). The summed E-state index contributed by atoms with van der Waals surface area (Å²) in [6, 6.07) is 12.5. The molecule has 0 saturated heterocycles. The third-order valence-electron chi connectivity index (χ3n) is 5.48. The van der Waals surface area contributed by atoms with E-state index in [2.05, 4.69) is 43.0 Å². The number of nitrogens with zero attached hydrogens (tertiary/aromatic N) is 1. The van der Waals surface area contributed by atoms with Gasteiger partial charge in [0, 0.05) is 42.5 Å². The minimum Gasteiger partial charge on any atom is -0.451 e. The average Bonchev–Trinajstić information content (AvgIpc) is 3.21. The van der Waals surface area contributed by atoms with Gasteiger partial charge in [-0.3, -0.25) is 4.90 Å². The van der Waals surface area contributed by atoms with Gasteiger partial charge in [0.25, 0.3) is 0 Å². The van der Waals surface area contributed by atoms with Crippen LogP contribution in [0.15, 0.2) is 41.3 Å². The standard InChI is InChI=1S/C21H25NO3S/c1-14-24-19-7-4-15(10-20(19)25-14)8-9-21(2,3)22-12-16-5-6-18(26-23)11-17(16)13-22/h4-7,10-11,14,23H,8-9,12-13H2,1-3H3. The van der Waals surface area contributed by atoms with Crippen LogP contribution in [0.25, 0.3) is 0 Å². The Kier molecular flexibility index (Phi) is 4.63. The number of rotatable bonds is 5. The van der Waals surface area contributed by atoms with Gasteiger partial charge in [0.1, 0.15) is 0 Å². The molecule has 0 aliphatic carbocycles. The summed E-state index contributed by atoms with van der Waals surface area (Å²) in [7, 11) is 0. The lowest BCUT2D eigenvalue weighted by atomic mass is 9.93. The van der Waals surface area contributed by atoms with E-state index in [1.165, 1.54) is 16.7 Å². The molecule has 2 aliphatic rings. The van der Waals surface area contributed by atoms with E-state index in [0.29, 0.717) is 0 Å². The van der Waals surface area contributed by atoms with Gasteiger partial charge < -0.3 is 14.0 Å². The van der Waals surface area contributed by atoms with Crippen molar-refractivity contribution in [2.45, 2.75) is 63.4 Å². The van der Waals surface area contributed by atoms with Crippen LogP contribution in [0.3, 0.4) is 0 Å². The molecule has 0 bridgehead atoms. The highest BCUT2D eigenvalue weighted by molar-refractivity contribution is 7.93. The Hall–Kier alpha value is -1.69. The van der Waals surface area contributed by atoms with Gasteiger partial charge in [-0.05, 0) is 67.6 Å². The molecule has 0 fully saturated rings. The Bertz CT molecular complexity index is 821. The van der Waals surface area contributed by atoms with Crippen molar-refractivity contribution < 1.29 is 14.0 Å². The highest BCUT2D eigenvalue weighted by Crippen LogP contribution is 2.37. The van der Waals surface area contributed by atoms with Crippen LogP contribution in [-0.4, -0.2) is 21.3 Å². The van der Waals surface area contributed by atoms with Crippen LogP contribution >= 0.6 is 12.0 Å². The number of hydrogen-bond acceptors (Lipinski definition) is 5. The number of hydrogen-bond donors (Lipinski definition) is 1. The fraction of sp³-hybridized carbons (Fsp3) is 0.429. The first-order chi connectivity index (χ1) is 12.4. The highest BCUT2D eigenvalue weighted by Gasteiger charge is 2.31. The van der Waals surface area contributed by atoms with E-state index in [4.69, 9.17) is 9.47 Å². The lowest BCUT2D eigenvalue weighted by Crippen LogP contribution is -2.40. The minimum absolute atomic E-state index is 0.0925. The smallest absolute Gasteiger partial charge is 0.238 e. The number of ether oxygens (including phenoxy) is 2. The second-order valence-corrected chi connectivity index (χ2v) is 8.43. The first-order valence-corrected chi connectivity index (χ1v) is 9.86. The predicted octanol–water partition coefficient (Wildman–Crippen LogP) is 5.10. The molecule has 138 valence electrons. The van der Waals surface area contributed by atoms with Gasteiger partial charge in [0.05, 0.1) is 0 Å². The van der Waals surface area contributed by atoms with Gasteiger partial charge in [-0.1, -0.05) is 12.1 Å². The summed E-state index contributed by atoms with van der Waals surface area (Å²) in [4.78, 5) is 3.44. The summed E-state index contributed by atoms with van der Waals surface area (Å²) in [5.41, 5.74) is 4.07. The summed E-state index contributed by atoms with van der Waals surface area (Å²) in [6.07, 6.45) is 1.88. The monoisotopic (exact) mass is 371 g/mol. The van der Waals surface area contributed by atoms with Gasteiger partial charge in [-0.2, -0.15) is 0 Å². The molecule has 2 aromatic carbocycles. The quantitative estimate of drug-likeness (QED) is 0.741. The molecule has 5 heteroatoms. The molecule has 0 spiro atoms. The summed E-state index contributed by atoms with van der Waals surface area (Å²) in [5, 5.41) is 0. The molecule has 4 nitrogen and oxygen atoms in total. The Morgan fingerprint density at radius 3 is 2.65 bits per heavy atom. The second-order valence-electron chi connectivity index (χ2n) is 7.77. The van der Waals surface area contributed by atoms with Crippen LogP contribution in [0.4, 0.5) is 0 Å². The van der Waals surface area contributed by atoms with E-state index < -0.39 is 0 Å². The molecule has 2 aliphatic heterocycles. The molecule has 0 saturated carbocycles. The summed E-state index contributed by atoms with van der Waals surface area (Å²) in [5.74, 6) is 1.70. The molecule has 2 aromatic rings. The van der Waals surface area contributed by atoms with Crippen molar-refractivity contribution in [1.82, 2.24) is 4.90 Å². The fourth-order valence-electron chi connectivity index (χ4n) is 3.74. The van der Waals surface area contributed by atoms with E-state index >= 15 is 0 Å². The predicted molar refractivity (Wildman–Crippen MR) is 104 cm³/mol. The molecule has 1 N–H and O–H groups in total. The zero-order chi connectivity index (χ0) is 18.3. The minimum atomic E-state index is -0.193. The van der Waals surface area contributed by atoms with E-state index in [1.54, 1.807) is 0 Å². The van der Waals surface area contributed by atoms with Crippen LogP contribution in [0.2, 0.25) is 0 Å². The third-order valence-corrected chi connectivity index (χ3v) is 5.95. The molecule has 1 atom stereocenters. The maximum absolute atomic E-state index is 9.27. The number of benzene rings is 2. The zero-order valence-corrected chi connectivity index (χ0v) is 16.3. The van der Waals surface area contributed by atoms with Crippen LogP contribution in [0, 0.1) is 0 Å². The molecular weight excluding hydrogens is 346 g/mol. The number of aryl methyl sites for hydroxylation is 1. The van der Waals surface area contributed by atoms with Gasteiger partial charge in [0.15, 0.2) is 11.5 Å². The van der Waals surface area contributed by atoms with Crippen molar-refractivity contribution in [3.8, 4) is 11.5 Å². The normalized spacial score (nSPS) is 19.0. The van der Waals surface area contributed by atoms with Crippen LogP contribution < -0.4 is 9.47 Å². The van der Waals surface area contributed by atoms with Crippen molar-refractivity contribution in [2.24, 2.45) is 0 Å². The lowest BCUT2D eigenvalue weighted by molar-refractivity contribution is 0.0678. The van der Waals surface area contributed by atoms with Crippen molar-refractivity contribution in [2.75, 3.05) is 0 Å². The van der Waals surface area contributed by atoms with Gasteiger partial charge >= 0.3 is 0 Å². The van der Waals surface area contributed by atoms with Gasteiger partial charge in [-0.15, -0.1) is 0 Å². The average molecular weight is 372 g/mol. The summed E-state index contributed by atoms with van der Waals surface area (Å²) >= 11 is 0.820. The van der Waals surface area contributed by atoms with E-state index in [0.717, 1.165) is 54.4 Å². The SMILES string of the molecule is CC1Oc2ccc(CCC(C)(C)N3Cc4ccc(SO)cc4C3)cc2O1. The molecular formula is C21H25NO3S. The first-order valence-electron chi connectivity index (χ1n) is 9.09. The summed E-state index contributed by atoms with van der Waals surface area (Å²) in [6.45, 7) is 8.45. The Morgan fingerprint density at radius 1 is 1.08 bits per heavy atom. The summed E-state index contributed by atoms with van der Waals surface area (Å²) < 4.78 is 20.6. The zero-order valence-electron chi connectivity index (χ0n) is 15.5. The topological polar surface area (TPSA) is 41.9 Å². The lowest BCUT2D eigenvalue weighted by Gasteiger charge is -2.35. The first kappa shape index (κ1) is 17.7. The highest BCUT2D eigenvalue weighted by atomic mass is 32.2. The molecule has 1 unspecified atom stereocenters. The third kappa shape index (κ3) is 3.43. The van der Waals surface area contributed by atoms with E-state index in [9.17, 15) is 4.55 Å². The van der Waals surface area contributed by atoms with Gasteiger partial charge in [-0.25, -0.2) is 0 Å². The second kappa shape index (κ2) is 6.80. The Labute approximate surface area is 159 Å². The van der Waals surface area contributed by atoms with Crippen molar-refractivity contribution in [3.05, 3.63) is 53.1 Å². The maximum Gasteiger partial charge on any atom is 0.238 e.